The number of methoxy groups -OCH3 is 1. The van der Waals surface area contributed by atoms with Crippen LogP contribution in [0.15, 0.2) is 30.5 Å². The Balaban J connectivity index is 1.95. The average Bonchev–Trinajstić information content (AvgIpc) is 2.48. The second kappa shape index (κ2) is 7.59. The van der Waals surface area contributed by atoms with Crippen molar-refractivity contribution < 1.29 is 9.47 Å². The summed E-state index contributed by atoms with van der Waals surface area (Å²) >= 11 is 0. The van der Waals surface area contributed by atoms with Crippen LogP contribution < -0.4 is 14.8 Å². The molecule has 0 aliphatic heterocycles. The quantitative estimate of drug-likeness (QED) is 0.848. The highest BCUT2D eigenvalue weighted by Gasteiger charge is 2.05. The molecule has 0 aliphatic rings. The van der Waals surface area contributed by atoms with E-state index in [2.05, 4.69) is 15.3 Å². The first-order valence-electron chi connectivity index (χ1n) is 7.02. The predicted octanol–water partition coefficient (Wildman–Crippen LogP) is 2.48. The molecule has 112 valence electrons. The summed E-state index contributed by atoms with van der Waals surface area (Å²) in [6.45, 7) is 5.92. The van der Waals surface area contributed by atoms with Gasteiger partial charge in [0.15, 0.2) is 11.5 Å². The molecule has 0 atom stereocenters. The molecule has 0 aliphatic carbocycles. The lowest BCUT2D eigenvalue weighted by Gasteiger charge is -2.11. The van der Waals surface area contributed by atoms with Gasteiger partial charge in [-0.15, -0.1) is 0 Å². The molecular formula is C16H21N3O2. The molecule has 0 radical (unpaired) electrons. The second-order valence-corrected chi connectivity index (χ2v) is 4.62. The first kappa shape index (κ1) is 15.3. The van der Waals surface area contributed by atoms with Gasteiger partial charge in [0.2, 0.25) is 0 Å². The van der Waals surface area contributed by atoms with Crippen LogP contribution in [0, 0.1) is 6.92 Å². The van der Waals surface area contributed by atoms with Gasteiger partial charge in [-0.2, -0.15) is 0 Å². The van der Waals surface area contributed by atoms with E-state index in [0.29, 0.717) is 13.2 Å². The molecule has 0 amide bonds. The summed E-state index contributed by atoms with van der Waals surface area (Å²) in [4.78, 5) is 8.45. The zero-order valence-corrected chi connectivity index (χ0v) is 12.7. The van der Waals surface area contributed by atoms with Crippen molar-refractivity contribution in [2.24, 2.45) is 0 Å². The molecule has 0 bridgehead atoms. The molecule has 0 saturated carbocycles. The third kappa shape index (κ3) is 4.43. The maximum Gasteiger partial charge on any atom is 0.161 e. The first-order valence-corrected chi connectivity index (χ1v) is 7.02. The standard InChI is InChI=1S/C16H21N3O2/c1-4-21-16-9-13(5-6-15(16)20-3)10-17-11-14-7-8-18-12(2)19-14/h5-9,17H,4,10-11H2,1-3H3. The minimum absolute atomic E-state index is 0.619. The summed E-state index contributed by atoms with van der Waals surface area (Å²) in [5.41, 5.74) is 2.13. The Hall–Kier alpha value is -2.14. The third-order valence-electron chi connectivity index (χ3n) is 3.00. The molecule has 0 unspecified atom stereocenters. The van der Waals surface area contributed by atoms with Crippen LogP contribution in [-0.2, 0) is 13.1 Å². The van der Waals surface area contributed by atoms with E-state index < -0.39 is 0 Å². The number of hydrogen-bond acceptors (Lipinski definition) is 5. The van der Waals surface area contributed by atoms with Crippen LogP contribution in [0.1, 0.15) is 24.0 Å². The van der Waals surface area contributed by atoms with E-state index in [1.54, 1.807) is 13.3 Å². The lowest BCUT2D eigenvalue weighted by atomic mass is 10.2. The number of hydrogen-bond donors (Lipinski definition) is 1. The molecule has 5 heteroatoms. The van der Waals surface area contributed by atoms with Crippen LogP contribution in [0.2, 0.25) is 0 Å². The normalized spacial score (nSPS) is 10.4. The van der Waals surface area contributed by atoms with Crippen LogP contribution in [0.5, 0.6) is 11.5 Å². The van der Waals surface area contributed by atoms with Crippen molar-refractivity contribution >= 4 is 0 Å². The van der Waals surface area contributed by atoms with Crippen molar-refractivity contribution in [3.05, 3.63) is 47.5 Å². The molecular weight excluding hydrogens is 266 g/mol. The van der Waals surface area contributed by atoms with Crippen molar-refractivity contribution in [1.82, 2.24) is 15.3 Å². The van der Waals surface area contributed by atoms with E-state index in [4.69, 9.17) is 9.47 Å². The highest BCUT2D eigenvalue weighted by molar-refractivity contribution is 5.42. The highest BCUT2D eigenvalue weighted by atomic mass is 16.5. The van der Waals surface area contributed by atoms with E-state index >= 15 is 0 Å². The van der Waals surface area contributed by atoms with Gasteiger partial charge in [0, 0.05) is 19.3 Å². The molecule has 1 heterocycles. The largest absolute Gasteiger partial charge is 0.493 e. The summed E-state index contributed by atoms with van der Waals surface area (Å²) in [5.74, 6) is 2.32. The molecule has 5 nitrogen and oxygen atoms in total. The van der Waals surface area contributed by atoms with Gasteiger partial charge in [0.05, 0.1) is 19.4 Å². The molecule has 2 rings (SSSR count). The zero-order chi connectivity index (χ0) is 15.1. The van der Waals surface area contributed by atoms with Gasteiger partial charge < -0.3 is 14.8 Å². The van der Waals surface area contributed by atoms with Gasteiger partial charge >= 0.3 is 0 Å². The maximum atomic E-state index is 5.58. The number of ether oxygens (including phenoxy) is 2. The molecule has 0 fully saturated rings. The topological polar surface area (TPSA) is 56.3 Å². The SMILES string of the molecule is CCOc1cc(CNCc2ccnc(C)n2)ccc1OC. The monoisotopic (exact) mass is 287 g/mol. The number of rotatable bonds is 7. The van der Waals surface area contributed by atoms with E-state index in [0.717, 1.165) is 35.1 Å². The zero-order valence-electron chi connectivity index (χ0n) is 12.7. The molecule has 1 N–H and O–H groups in total. The lowest BCUT2D eigenvalue weighted by molar-refractivity contribution is 0.310. The number of benzene rings is 1. The van der Waals surface area contributed by atoms with E-state index in [1.165, 1.54) is 0 Å². The number of aryl methyl sites for hydroxylation is 1. The van der Waals surface area contributed by atoms with Gasteiger partial charge in [-0.05, 0) is 37.6 Å². The molecule has 0 spiro atoms. The highest BCUT2D eigenvalue weighted by Crippen LogP contribution is 2.27. The van der Waals surface area contributed by atoms with E-state index in [9.17, 15) is 0 Å². The molecule has 21 heavy (non-hydrogen) atoms. The first-order chi connectivity index (χ1) is 10.2. The predicted molar refractivity (Wildman–Crippen MR) is 81.5 cm³/mol. The fraction of sp³-hybridized carbons (Fsp3) is 0.375. The Morgan fingerprint density at radius 3 is 2.71 bits per heavy atom. The second-order valence-electron chi connectivity index (χ2n) is 4.62. The van der Waals surface area contributed by atoms with Crippen LogP contribution in [0.3, 0.4) is 0 Å². The van der Waals surface area contributed by atoms with Crippen molar-refractivity contribution in [3.8, 4) is 11.5 Å². The summed E-state index contributed by atoms with van der Waals surface area (Å²) in [5, 5.41) is 3.37. The van der Waals surface area contributed by atoms with Gasteiger partial charge in [-0.1, -0.05) is 6.07 Å². The Labute approximate surface area is 125 Å². The lowest BCUT2D eigenvalue weighted by Crippen LogP contribution is -2.14. The van der Waals surface area contributed by atoms with Gasteiger partial charge in [-0.25, -0.2) is 9.97 Å². The Morgan fingerprint density at radius 2 is 2.00 bits per heavy atom. The molecule has 1 aromatic carbocycles. The van der Waals surface area contributed by atoms with Crippen molar-refractivity contribution in [2.75, 3.05) is 13.7 Å². The third-order valence-corrected chi connectivity index (χ3v) is 3.00. The summed E-state index contributed by atoms with van der Waals surface area (Å²) in [6.07, 6.45) is 1.78. The smallest absolute Gasteiger partial charge is 0.161 e. The summed E-state index contributed by atoms with van der Waals surface area (Å²) in [6, 6.07) is 7.87. The fourth-order valence-corrected chi connectivity index (χ4v) is 2.04. The van der Waals surface area contributed by atoms with Gasteiger partial charge in [0.25, 0.3) is 0 Å². The minimum Gasteiger partial charge on any atom is -0.493 e. The Bertz CT molecular complexity index is 587. The van der Waals surface area contributed by atoms with Gasteiger partial charge in [0.1, 0.15) is 5.82 Å². The van der Waals surface area contributed by atoms with E-state index in [1.807, 2.05) is 38.1 Å². The van der Waals surface area contributed by atoms with Crippen LogP contribution >= 0.6 is 0 Å². The number of nitrogens with zero attached hydrogens (tertiary/aromatic N) is 2. The van der Waals surface area contributed by atoms with Gasteiger partial charge in [-0.3, -0.25) is 0 Å². The maximum absolute atomic E-state index is 5.58. The molecule has 0 saturated heterocycles. The minimum atomic E-state index is 0.619. The molecule has 1 aromatic heterocycles. The number of nitrogens with one attached hydrogen (secondary N) is 1. The Morgan fingerprint density at radius 1 is 1.14 bits per heavy atom. The average molecular weight is 287 g/mol. The van der Waals surface area contributed by atoms with Crippen molar-refractivity contribution in [3.63, 3.8) is 0 Å². The number of aromatic nitrogens is 2. The van der Waals surface area contributed by atoms with Crippen molar-refractivity contribution in [1.29, 1.82) is 0 Å². The summed E-state index contributed by atoms with van der Waals surface area (Å²) < 4.78 is 10.9. The van der Waals surface area contributed by atoms with Crippen LogP contribution in [-0.4, -0.2) is 23.7 Å². The molecule has 2 aromatic rings. The summed E-state index contributed by atoms with van der Waals surface area (Å²) in [7, 11) is 1.65. The van der Waals surface area contributed by atoms with Crippen LogP contribution in [0.4, 0.5) is 0 Å². The van der Waals surface area contributed by atoms with Crippen LogP contribution in [0.25, 0.3) is 0 Å². The Kier molecular flexibility index (Phi) is 5.51. The van der Waals surface area contributed by atoms with E-state index in [-0.39, 0.29) is 0 Å². The van der Waals surface area contributed by atoms with Crippen molar-refractivity contribution in [2.45, 2.75) is 26.9 Å². The fourth-order valence-electron chi connectivity index (χ4n) is 2.04.